The fourth-order valence-corrected chi connectivity index (χ4v) is 7.71. The van der Waals surface area contributed by atoms with E-state index in [1.807, 2.05) is 32.9 Å². The van der Waals surface area contributed by atoms with E-state index in [9.17, 15) is 9.59 Å². The average Bonchev–Trinajstić information content (AvgIpc) is 3.31. The molecule has 1 aliphatic rings. The van der Waals surface area contributed by atoms with Gasteiger partial charge in [0.05, 0.1) is 39.9 Å². The number of alkyl carbamates (subject to hydrolysis) is 1. The lowest BCUT2D eigenvalue weighted by Crippen LogP contribution is -2.63. The molecule has 1 aliphatic heterocycles. The van der Waals surface area contributed by atoms with Crippen LogP contribution in [0.15, 0.2) is 36.7 Å². The Kier molecular flexibility index (Phi) is 10.1. The van der Waals surface area contributed by atoms with Crippen LogP contribution in [0.4, 0.5) is 16.2 Å². The molecule has 0 aliphatic carbocycles. The first kappa shape index (κ1) is 33.9. The minimum atomic E-state index is -2.15. The quantitative estimate of drug-likeness (QED) is 0.244. The molecule has 4 heterocycles. The van der Waals surface area contributed by atoms with Crippen molar-refractivity contribution in [2.24, 2.45) is 5.92 Å². The maximum atomic E-state index is 13.4. The van der Waals surface area contributed by atoms with E-state index in [0.717, 1.165) is 28.7 Å². The van der Waals surface area contributed by atoms with Crippen molar-refractivity contribution in [2.75, 3.05) is 23.3 Å². The first-order valence-electron chi connectivity index (χ1n) is 15.5. The second kappa shape index (κ2) is 13.1. The maximum Gasteiger partial charge on any atom is 0.408 e. The molecule has 44 heavy (non-hydrogen) atoms. The molecule has 1 saturated heterocycles. The number of carbonyl (C=O) groups excluding carboxylic acids is 2. The van der Waals surface area contributed by atoms with E-state index in [4.69, 9.17) is 9.16 Å². The van der Waals surface area contributed by atoms with E-state index >= 15 is 0 Å². The Bertz CT molecular complexity index is 1480. The second-order valence-electron chi connectivity index (χ2n) is 14.4. The maximum absolute atomic E-state index is 13.4. The molecule has 0 bridgehead atoms. The van der Waals surface area contributed by atoms with E-state index in [1.165, 1.54) is 4.88 Å². The van der Waals surface area contributed by atoms with Crippen LogP contribution in [-0.2, 0) is 15.6 Å². The molecular weight excluding hydrogens is 591 g/mol. The second-order valence-corrected chi connectivity index (χ2v) is 20.3. The number of fused-ring (bicyclic) bond motifs is 1. The van der Waals surface area contributed by atoms with Gasteiger partial charge in [0.1, 0.15) is 11.3 Å². The van der Waals surface area contributed by atoms with E-state index in [2.05, 4.69) is 79.3 Å². The van der Waals surface area contributed by atoms with Crippen LogP contribution in [-0.4, -0.2) is 61.1 Å². The monoisotopic (exact) mass is 639 g/mol. The number of hydrogen-bond donors (Lipinski definition) is 2. The molecule has 240 valence electrons. The van der Waals surface area contributed by atoms with Crippen molar-refractivity contribution in [3.63, 3.8) is 0 Å². The molecule has 1 fully saturated rings. The largest absolute Gasteiger partial charge is 0.444 e. The summed E-state index contributed by atoms with van der Waals surface area (Å²) in [6.07, 6.45) is 4.78. The first-order valence-corrected chi connectivity index (χ1v) is 19.3. The first-order chi connectivity index (χ1) is 20.5. The van der Waals surface area contributed by atoms with Crippen molar-refractivity contribution >= 4 is 53.2 Å². The van der Waals surface area contributed by atoms with E-state index < -0.39 is 20.0 Å². The van der Waals surface area contributed by atoms with Gasteiger partial charge in [0, 0.05) is 30.1 Å². The van der Waals surface area contributed by atoms with Gasteiger partial charge in [-0.3, -0.25) is 9.78 Å². The van der Waals surface area contributed by atoms with Crippen LogP contribution in [0.2, 0.25) is 18.1 Å². The molecule has 0 unspecified atom stereocenters. The van der Waals surface area contributed by atoms with Crippen LogP contribution in [0.1, 0.15) is 77.2 Å². The summed E-state index contributed by atoms with van der Waals surface area (Å²) < 4.78 is 13.7. The number of aryl methyl sites for hydroxylation is 1. The number of thiophene rings is 1. The van der Waals surface area contributed by atoms with Gasteiger partial charge in [-0.2, -0.15) is 0 Å². The van der Waals surface area contributed by atoms with Crippen molar-refractivity contribution < 1.29 is 18.8 Å². The minimum Gasteiger partial charge on any atom is -0.444 e. The number of pyridine rings is 2. The van der Waals surface area contributed by atoms with Gasteiger partial charge in [0.25, 0.3) is 5.91 Å². The SMILES string of the molecule is CCCc1cc2nc(C(=O)Nc3cnccc3N3C[C@H](C)[C@@H](O[Si](C)(C)C(C)(C)C)[C@H](NC(=O)OC(C)(C)C)C3)ccc2s1. The van der Waals surface area contributed by atoms with Gasteiger partial charge < -0.3 is 24.7 Å². The summed E-state index contributed by atoms with van der Waals surface area (Å²) in [5, 5.41) is 6.19. The van der Waals surface area contributed by atoms with Gasteiger partial charge in [-0.05, 0) is 69.6 Å². The topological polar surface area (TPSA) is 106 Å². The number of rotatable bonds is 8. The Balaban J connectivity index is 1.59. The van der Waals surface area contributed by atoms with Gasteiger partial charge in [-0.25, -0.2) is 9.78 Å². The summed E-state index contributed by atoms with van der Waals surface area (Å²) >= 11 is 1.72. The van der Waals surface area contributed by atoms with Crippen molar-refractivity contribution in [3.8, 4) is 0 Å². The van der Waals surface area contributed by atoms with Crippen LogP contribution in [0, 0.1) is 5.92 Å². The zero-order valence-corrected chi connectivity index (χ0v) is 29.7. The van der Waals surface area contributed by atoms with Crippen molar-refractivity contribution in [1.82, 2.24) is 15.3 Å². The van der Waals surface area contributed by atoms with Gasteiger partial charge >= 0.3 is 6.09 Å². The molecule has 3 aromatic heterocycles. The Hall–Kier alpha value is -3.02. The Morgan fingerprint density at radius 1 is 1.11 bits per heavy atom. The number of nitrogens with one attached hydrogen (secondary N) is 2. The number of amides is 2. The summed E-state index contributed by atoms with van der Waals surface area (Å²) in [4.78, 5) is 38.9. The number of aromatic nitrogens is 2. The summed E-state index contributed by atoms with van der Waals surface area (Å²) in [6.45, 7) is 22.2. The molecule has 3 aromatic rings. The lowest BCUT2D eigenvalue weighted by atomic mass is 9.92. The molecule has 0 saturated carbocycles. The molecule has 4 rings (SSSR count). The van der Waals surface area contributed by atoms with Gasteiger partial charge in [-0.15, -0.1) is 11.3 Å². The molecule has 0 spiro atoms. The number of ether oxygens (including phenoxy) is 1. The van der Waals surface area contributed by atoms with Gasteiger partial charge in [0.15, 0.2) is 8.32 Å². The summed E-state index contributed by atoms with van der Waals surface area (Å²) in [5.41, 5.74) is 1.98. The van der Waals surface area contributed by atoms with Crippen LogP contribution < -0.4 is 15.5 Å². The lowest BCUT2D eigenvalue weighted by molar-refractivity contribution is 0.0336. The molecule has 2 N–H and O–H groups in total. The predicted octanol–water partition coefficient (Wildman–Crippen LogP) is 7.64. The van der Waals surface area contributed by atoms with E-state index in [0.29, 0.717) is 24.5 Å². The third-order valence-electron chi connectivity index (χ3n) is 8.36. The molecule has 2 amide bonds. The van der Waals surface area contributed by atoms with Gasteiger partial charge in [-0.1, -0.05) is 41.0 Å². The highest BCUT2D eigenvalue weighted by Crippen LogP contribution is 2.40. The number of carbonyl (C=O) groups is 2. The molecular formula is C33H49N5O4SSi. The summed E-state index contributed by atoms with van der Waals surface area (Å²) in [6, 6.07) is 7.37. The van der Waals surface area contributed by atoms with Crippen LogP contribution in [0.5, 0.6) is 0 Å². The number of hydrogen-bond acceptors (Lipinski definition) is 8. The van der Waals surface area contributed by atoms with Crippen LogP contribution >= 0.6 is 11.3 Å². The van der Waals surface area contributed by atoms with E-state index in [-0.39, 0.29) is 29.0 Å². The Morgan fingerprint density at radius 3 is 2.50 bits per heavy atom. The lowest BCUT2D eigenvalue weighted by Gasteiger charge is -2.48. The zero-order chi connectivity index (χ0) is 32.4. The minimum absolute atomic E-state index is 0.0144. The smallest absolute Gasteiger partial charge is 0.408 e. The normalized spacial score (nSPS) is 19.6. The summed E-state index contributed by atoms with van der Waals surface area (Å²) in [5.74, 6) is -0.216. The third kappa shape index (κ3) is 8.16. The van der Waals surface area contributed by atoms with Crippen molar-refractivity contribution in [1.29, 1.82) is 0 Å². The number of nitrogens with zero attached hydrogens (tertiary/aromatic N) is 3. The van der Waals surface area contributed by atoms with E-state index in [1.54, 1.807) is 29.8 Å². The van der Waals surface area contributed by atoms with Crippen molar-refractivity contribution in [2.45, 2.75) is 104 Å². The molecule has 11 heteroatoms. The van der Waals surface area contributed by atoms with Crippen LogP contribution in [0.25, 0.3) is 10.2 Å². The Morgan fingerprint density at radius 2 is 1.84 bits per heavy atom. The zero-order valence-electron chi connectivity index (χ0n) is 27.9. The van der Waals surface area contributed by atoms with Gasteiger partial charge in [0.2, 0.25) is 0 Å². The standard InChI is InChI=1S/C33H49N5O4SSi/c1-11-12-22-17-24-28(43-22)14-13-23(35-24)30(39)36-25-18-34-16-15-27(25)38-19-21(2)29(42-44(9,10)33(6,7)8)26(20-38)37-31(40)41-32(3,4)5/h13-18,21,26,29H,11-12,19-20H2,1-10H3,(H,36,39)(H,37,40)/t21-,26+,29+/m0/s1. The van der Waals surface area contributed by atoms with Crippen LogP contribution in [0.3, 0.4) is 0 Å². The fourth-order valence-electron chi connectivity index (χ4n) is 5.18. The molecule has 0 radical (unpaired) electrons. The highest BCUT2D eigenvalue weighted by atomic mass is 32.1. The number of piperidine rings is 1. The predicted molar refractivity (Wildman–Crippen MR) is 182 cm³/mol. The molecule has 3 atom stereocenters. The fraction of sp³-hybridized carbons (Fsp3) is 0.576. The molecule has 9 nitrogen and oxygen atoms in total. The summed E-state index contributed by atoms with van der Waals surface area (Å²) in [7, 11) is -2.15. The highest BCUT2D eigenvalue weighted by molar-refractivity contribution is 7.19. The molecule has 0 aromatic carbocycles. The third-order valence-corrected chi connectivity index (χ3v) is 14.0. The highest BCUT2D eigenvalue weighted by Gasteiger charge is 2.45. The Labute approximate surface area is 267 Å². The average molecular weight is 640 g/mol. The number of anilines is 2. The van der Waals surface area contributed by atoms with Crippen molar-refractivity contribution in [3.05, 3.63) is 47.2 Å².